The van der Waals surface area contributed by atoms with Crippen LogP contribution in [0, 0.1) is 5.82 Å². The van der Waals surface area contributed by atoms with Gasteiger partial charge in [-0.05, 0) is 30.5 Å². The van der Waals surface area contributed by atoms with E-state index in [1.807, 2.05) is 6.07 Å². The zero-order valence-electron chi connectivity index (χ0n) is 10.1. The van der Waals surface area contributed by atoms with E-state index in [4.69, 9.17) is 10.5 Å². The molecule has 1 aliphatic heterocycles. The predicted molar refractivity (Wildman–Crippen MR) is 73.2 cm³/mol. The molecular weight excluding hydrogens is 251 g/mol. The Morgan fingerprint density at radius 1 is 1.56 bits per heavy atom. The minimum Gasteiger partial charge on any atom is -0.379 e. The standard InChI is InChI=1S/C13H17FN2OS/c14-11-4-1-3-10(7-11)9-18-13(15)16-8-12-5-2-6-17-12/h1,3-4,7,12H,2,5-6,8-9H2,(H2,15,16)/t12-/m1/s1. The fraction of sp³-hybridized carbons (Fsp3) is 0.462. The summed E-state index contributed by atoms with van der Waals surface area (Å²) in [5.74, 6) is 0.418. The minimum atomic E-state index is -0.219. The van der Waals surface area contributed by atoms with Crippen molar-refractivity contribution in [1.29, 1.82) is 0 Å². The van der Waals surface area contributed by atoms with Crippen LogP contribution in [0.5, 0.6) is 0 Å². The van der Waals surface area contributed by atoms with E-state index in [2.05, 4.69) is 4.99 Å². The topological polar surface area (TPSA) is 47.6 Å². The monoisotopic (exact) mass is 268 g/mol. The van der Waals surface area contributed by atoms with Crippen LogP contribution in [0.2, 0.25) is 0 Å². The number of benzene rings is 1. The molecule has 1 atom stereocenters. The first-order valence-electron chi connectivity index (χ1n) is 6.03. The number of aliphatic imine (C=N–C) groups is 1. The van der Waals surface area contributed by atoms with E-state index < -0.39 is 0 Å². The van der Waals surface area contributed by atoms with Crippen LogP contribution >= 0.6 is 11.8 Å². The number of rotatable bonds is 4. The zero-order chi connectivity index (χ0) is 12.8. The Labute approximate surface area is 111 Å². The zero-order valence-corrected chi connectivity index (χ0v) is 11.0. The summed E-state index contributed by atoms with van der Waals surface area (Å²) in [5, 5.41) is 0.537. The molecule has 5 heteroatoms. The van der Waals surface area contributed by atoms with Crippen molar-refractivity contribution in [2.24, 2.45) is 10.7 Å². The van der Waals surface area contributed by atoms with E-state index in [9.17, 15) is 4.39 Å². The molecule has 0 bridgehead atoms. The van der Waals surface area contributed by atoms with Gasteiger partial charge in [-0.2, -0.15) is 0 Å². The molecular formula is C13H17FN2OS. The average molecular weight is 268 g/mol. The van der Waals surface area contributed by atoms with Crippen LogP contribution in [-0.2, 0) is 10.5 Å². The normalized spacial score (nSPS) is 20.3. The molecule has 0 aromatic heterocycles. The molecule has 1 heterocycles. The lowest BCUT2D eigenvalue weighted by atomic mass is 10.2. The molecule has 1 saturated heterocycles. The molecule has 3 nitrogen and oxygen atoms in total. The molecule has 0 unspecified atom stereocenters. The number of hydrogen-bond donors (Lipinski definition) is 1. The summed E-state index contributed by atoms with van der Waals surface area (Å²) >= 11 is 1.43. The summed E-state index contributed by atoms with van der Waals surface area (Å²) in [7, 11) is 0. The van der Waals surface area contributed by atoms with Crippen molar-refractivity contribution in [1.82, 2.24) is 0 Å². The van der Waals surface area contributed by atoms with E-state index in [1.165, 1.54) is 23.9 Å². The average Bonchev–Trinajstić information content (AvgIpc) is 2.87. The number of nitrogens with two attached hydrogens (primary N) is 1. The Balaban J connectivity index is 1.76. The van der Waals surface area contributed by atoms with Crippen LogP contribution in [0.15, 0.2) is 29.3 Å². The summed E-state index contributed by atoms with van der Waals surface area (Å²) in [4.78, 5) is 4.28. The molecule has 0 aliphatic carbocycles. The highest BCUT2D eigenvalue weighted by Crippen LogP contribution is 2.15. The van der Waals surface area contributed by atoms with Gasteiger partial charge in [0.2, 0.25) is 0 Å². The third-order valence-electron chi connectivity index (χ3n) is 2.75. The molecule has 0 spiro atoms. The quantitative estimate of drug-likeness (QED) is 0.674. The van der Waals surface area contributed by atoms with Crippen molar-refractivity contribution < 1.29 is 9.13 Å². The van der Waals surface area contributed by atoms with E-state index in [0.717, 1.165) is 25.0 Å². The van der Waals surface area contributed by atoms with Gasteiger partial charge in [-0.25, -0.2) is 4.39 Å². The van der Waals surface area contributed by atoms with Crippen molar-refractivity contribution in [2.75, 3.05) is 13.2 Å². The third kappa shape index (κ3) is 4.31. The number of ether oxygens (including phenoxy) is 1. The molecule has 98 valence electrons. The fourth-order valence-electron chi connectivity index (χ4n) is 1.81. The van der Waals surface area contributed by atoms with Crippen molar-refractivity contribution in [2.45, 2.75) is 24.7 Å². The summed E-state index contributed by atoms with van der Waals surface area (Å²) in [6, 6.07) is 6.53. The lowest BCUT2D eigenvalue weighted by molar-refractivity contribution is 0.118. The summed E-state index contributed by atoms with van der Waals surface area (Å²) < 4.78 is 18.4. The molecule has 1 aromatic rings. The second-order valence-electron chi connectivity index (χ2n) is 4.23. The molecule has 18 heavy (non-hydrogen) atoms. The highest BCUT2D eigenvalue weighted by atomic mass is 32.2. The first-order valence-corrected chi connectivity index (χ1v) is 7.01. The summed E-state index contributed by atoms with van der Waals surface area (Å²) in [6.07, 6.45) is 2.39. The van der Waals surface area contributed by atoms with Gasteiger partial charge < -0.3 is 10.5 Å². The van der Waals surface area contributed by atoms with Crippen LogP contribution in [0.1, 0.15) is 18.4 Å². The Bertz CT molecular complexity index is 419. The van der Waals surface area contributed by atoms with Gasteiger partial charge in [0.05, 0.1) is 12.6 Å². The highest BCUT2D eigenvalue weighted by Gasteiger charge is 2.14. The van der Waals surface area contributed by atoms with Crippen molar-refractivity contribution in [3.63, 3.8) is 0 Å². The summed E-state index contributed by atoms with van der Waals surface area (Å²) in [5.41, 5.74) is 6.71. The van der Waals surface area contributed by atoms with Gasteiger partial charge in [0, 0.05) is 12.4 Å². The summed E-state index contributed by atoms with van der Waals surface area (Å²) in [6.45, 7) is 1.46. The third-order valence-corrected chi connectivity index (χ3v) is 3.65. The second-order valence-corrected chi connectivity index (χ2v) is 5.23. The second kappa shape index (κ2) is 6.75. The lowest BCUT2D eigenvalue weighted by Crippen LogP contribution is -2.14. The van der Waals surface area contributed by atoms with Crippen molar-refractivity contribution >= 4 is 16.9 Å². The largest absolute Gasteiger partial charge is 0.379 e. The molecule has 2 rings (SSSR count). The smallest absolute Gasteiger partial charge is 0.154 e. The molecule has 1 aliphatic rings. The molecule has 1 fully saturated rings. The molecule has 0 radical (unpaired) electrons. The first-order chi connectivity index (χ1) is 8.74. The van der Waals surface area contributed by atoms with Crippen LogP contribution < -0.4 is 5.73 Å². The van der Waals surface area contributed by atoms with Crippen molar-refractivity contribution in [3.8, 4) is 0 Å². The number of nitrogens with zero attached hydrogens (tertiary/aromatic N) is 1. The maximum Gasteiger partial charge on any atom is 0.154 e. The molecule has 1 aromatic carbocycles. The van der Waals surface area contributed by atoms with E-state index in [0.29, 0.717) is 17.5 Å². The Hall–Kier alpha value is -1.07. The molecule has 0 amide bonds. The van der Waals surface area contributed by atoms with Crippen LogP contribution in [-0.4, -0.2) is 24.4 Å². The van der Waals surface area contributed by atoms with Gasteiger partial charge >= 0.3 is 0 Å². The molecule has 0 saturated carbocycles. The SMILES string of the molecule is NC(=NC[C@H]1CCCO1)SCc1cccc(F)c1. The van der Waals surface area contributed by atoms with Gasteiger partial charge in [0.15, 0.2) is 5.17 Å². The van der Waals surface area contributed by atoms with Gasteiger partial charge in [-0.15, -0.1) is 0 Å². The van der Waals surface area contributed by atoms with Gasteiger partial charge in [-0.1, -0.05) is 23.9 Å². The number of thioether (sulfide) groups is 1. The van der Waals surface area contributed by atoms with Gasteiger partial charge in [0.25, 0.3) is 0 Å². The lowest BCUT2D eigenvalue weighted by Gasteiger charge is -2.06. The predicted octanol–water partition coefficient (Wildman–Crippen LogP) is 2.55. The Kier molecular flexibility index (Phi) is 5.01. The van der Waals surface area contributed by atoms with E-state index in [1.54, 1.807) is 6.07 Å². The maximum absolute atomic E-state index is 13.0. The number of hydrogen-bond acceptors (Lipinski definition) is 3. The Morgan fingerprint density at radius 2 is 2.44 bits per heavy atom. The first kappa shape index (κ1) is 13.4. The Morgan fingerprint density at radius 3 is 3.17 bits per heavy atom. The fourth-order valence-corrected chi connectivity index (χ4v) is 2.47. The van der Waals surface area contributed by atoms with Crippen molar-refractivity contribution in [3.05, 3.63) is 35.6 Å². The minimum absolute atomic E-state index is 0.219. The number of halogens is 1. The van der Waals surface area contributed by atoms with Gasteiger partial charge in [-0.3, -0.25) is 4.99 Å². The van der Waals surface area contributed by atoms with E-state index >= 15 is 0 Å². The van der Waals surface area contributed by atoms with E-state index in [-0.39, 0.29) is 11.9 Å². The number of amidine groups is 1. The van der Waals surface area contributed by atoms with Gasteiger partial charge in [0.1, 0.15) is 5.82 Å². The van der Waals surface area contributed by atoms with Crippen LogP contribution in [0.4, 0.5) is 4.39 Å². The van der Waals surface area contributed by atoms with Crippen LogP contribution in [0.25, 0.3) is 0 Å². The highest BCUT2D eigenvalue weighted by molar-refractivity contribution is 8.13. The molecule has 2 N–H and O–H groups in total. The van der Waals surface area contributed by atoms with Crippen LogP contribution in [0.3, 0.4) is 0 Å². The maximum atomic E-state index is 13.0.